The van der Waals surface area contributed by atoms with E-state index in [1.165, 1.54) is 0 Å². The van der Waals surface area contributed by atoms with Crippen molar-refractivity contribution in [2.45, 2.75) is 43.9 Å². The summed E-state index contributed by atoms with van der Waals surface area (Å²) in [6.07, 6.45) is -0.168. The van der Waals surface area contributed by atoms with Crippen LogP contribution in [0.15, 0.2) is 0 Å². The Bertz CT molecular complexity index is 244. The van der Waals surface area contributed by atoms with Crippen molar-refractivity contribution in [3.05, 3.63) is 0 Å². The molecule has 1 aliphatic rings. The molecule has 0 aromatic carbocycles. The highest BCUT2D eigenvalue weighted by atomic mass is 79.9. The highest BCUT2D eigenvalue weighted by molar-refractivity contribution is 9.10. The summed E-state index contributed by atoms with van der Waals surface area (Å²) in [5.74, 6) is -0.864. The van der Waals surface area contributed by atoms with Gasteiger partial charge in [0, 0.05) is 0 Å². The first kappa shape index (κ1) is 12.9. The summed E-state index contributed by atoms with van der Waals surface area (Å²) in [7, 11) is 0. The smallest absolute Gasteiger partial charge is 0.322 e. The van der Waals surface area contributed by atoms with Crippen LogP contribution in [-0.4, -0.2) is 35.4 Å². The molecule has 1 unspecified atom stereocenters. The zero-order chi connectivity index (χ0) is 11.7. The SMILES string of the molecule is CC1(C)OCC(COC(=O)C(C)(C)Br)O1. The van der Waals surface area contributed by atoms with E-state index in [9.17, 15) is 4.79 Å². The Labute approximate surface area is 98.4 Å². The predicted molar refractivity (Wildman–Crippen MR) is 58.9 cm³/mol. The lowest BCUT2D eigenvalue weighted by Crippen LogP contribution is -2.31. The summed E-state index contributed by atoms with van der Waals surface area (Å²) < 4.78 is 15.3. The maximum atomic E-state index is 11.4. The molecular formula is C10H17BrO4. The van der Waals surface area contributed by atoms with Crippen LogP contribution in [0.4, 0.5) is 0 Å². The van der Waals surface area contributed by atoms with Crippen molar-refractivity contribution < 1.29 is 19.0 Å². The molecule has 1 atom stereocenters. The first-order valence-corrected chi connectivity index (χ1v) is 5.68. The van der Waals surface area contributed by atoms with Gasteiger partial charge in [0.05, 0.1) is 6.61 Å². The van der Waals surface area contributed by atoms with E-state index in [-0.39, 0.29) is 18.7 Å². The van der Waals surface area contributed by atoms with E-state index < -0.39 is 10.1 Å². The Hall–Kier alpha value is -0.130. The largest absolute Gasteiger partial charge is 0.462 e. The fraction of sp³-hybridized carbons (Fsp3) is 0.900. The van der Waals surface area contributed by atoms with E-state index >= 15 is 0 Å². The molecule has 5 heteroatoms. The van der Waals surface area contributed by atoms with E-state index in [2.05, 4.69) is 15.9 Å². The molecule has 0 N–H and O–H groups in total. The maximum absolute atomic E-state index is 11.4. The average molecular weight is 281 g/mol. The van der Waals surface area contributed by atoms with Gasteiger partial charge in [0.1, 0.15) is 17.0 Å². The molecule has 1 saturated heterocycles. The molecule has 4 nitrogen and oxygen atoms in total. The molecule has 1 fully saturated rings. The average Bonchev–Trinajstić information content (AvgIpc) is 2.39. The molecule has 0 aromatic rings. The summed E-state index contributed by atoms with van der Waals surface area (Å²) in [5.41, 5.74) is 0. The van der Waals surface area contributed by atoms with Gasteiger partial charge in [-0.15, -0.1) is 0 Å². The van der Waals surface area contributed by atoms with Crippen LogP contribution in [0.2, 0.25) is 0 Å². The van der Waals surface area contributed by atoms with Crippen molar-refractivity contribution in [3.63, 3.8) is 0 Å². The van der Waals surface area contributed by atoms with Crippen molar-refractivity contribution >= 4 is 21.9 Å². The normalized spacial score (nSPS) is 25.3. The molecule has 88 valence electrons. The minimum atomic E-state index is -0.651. The van der Waals surface area contributed by atoms with Gasteiger partial charge in [-0.1, -0.05) is 15.9 Å². The third-order valence-corrected chi connectivity index (χ3v) is 2.28. The lowest BCUT2D eigenvalue weighted by molar-refractivity contribution is -0.159. The second kappa shape index (κ2) is 4.39. The fourth-order valence-corrected chi connectivity index (χ4v) is 1.30. The molecule has 1 rings (SSSR count). The minimum absolute atomic E-state index is 0.168. The maximum Gasteiger partial charge on any atom is 0.322 e. The third kappa shape index (κ3) is 4.09. The number of carbonyl (C=O) groups excluding carboxylic acids is 1. The molecule has 0 amide bonds. The lowest BCUT2D eigenvalue weighted by atomic mass is 10.2. The first-order valence-electron chi connectivity index (χ1n) is 4.89. The standard InChI is InChI=1S/C10H17BrO4/c1-9(2,11)8(12)13-5-7-6-14-10(3,4)15-7/h7H,5-6H2,1-4H3. The van der Waals surface area contributed by atoms with Gasteiger partial charge >= 0.3 is 5.97 Å². The molecule has 0 bridgehead atoms. The van der Waals surface area contributed by atoms with Gasteiger partial charge in [0.25, 0.3) is 0 Å². The second-order valence-electron chi connectivity index (χ2n) is 4.52. The number of halogens is 1. The number of alkyl halides is 1. The van der Waals surface area contributed by atoms with Crippen LogP contribution in [0, 0.1) is 0 Å². The third-order valence-electron chi connectivity index (χ3n) is 1.95. The fourth-order valence-electron chi connectivity index (χ4n) is 1.19. The Morgan fingerprint density at radius 1 is 1.60 bits per heavy atom. The molecule has 0 aliphatic carbocycles. The van der Waals surface area contributed by atoms with E-state index in [0.29, 0.717) is 6.61 Å². The van der Waals surface area contributed by atoms with Crippen LogP contribution < -0.4 is 0 Å². The number of ether oxygens (including phenoxy) is 3. The molecule has 0 spiro atoms. The Morgan fingerprint density at radius 3 is 2.60 bits per heavy atom. The van der Waals surface area contributed by atoms with Crippen LogP contribution in [0.25, 0.3) is 0 Å². The molecular weight excluding hydrogens is 264 g/mol. The molecule has 0 saturated carbocycles. The predicted octanol–water partition coefficient (Wildman–Crippen LogP) is 1.85. The number of carbonyl (C=O) groups is 1. The zero-order valence-electron chi connectivity index (χ0n) is 9.50. The number of hydrogen-bond donors (Lipinski definition) is 0. The van der Waals surface area contributed by atoms with Crippen LogP contribution in [-0.2, 0) is 19.0 Å². The second-order valence-corrected chi connectivity index (χ2v) is 6.50. The topological polar surface area (TPSA) is 44.8 Å². The Morgan fingerprint density at radius 2 is 2.20 bits per heavy atom. The van der Waals surface area contributed by atoms with Crippen molar-refractivity contribution in [1.29, 1.82) is 0 Å². The number of esters is 1. The molecule has 1 aliphatic heterocycles. The van der Waals surface area contributed by atoms with E-state index in [1.54, 1.807) is 13.8 Å². The minimum Gasteiger partial charge on any atom is -0.462 e. The van der Waals surface area contributed by atoms with Gasteiger partial charge < -0.3 is 14.2 Å². The lowest BCUT2D eigenvalue weighted by Gasteiger charge is -2.19. The van der Waals surface area contributed by atoms with Crippen molar-refractivity contribution in [1.82, 2.24) is 0 Å². The molecule has 0 aromatic heterocycles. The van der Waals surface area contributed by atoms with Crippen LogP contribution in [0.3, 0.4) is 0 Å². The van der Waals surface area contributed by atoms with Crippen molar-refractivity contribution in [2.75, 3.05) is 13.2 Å². The monoisotopic (exact) mass is 280 g/mol. The number of rotatable bonds is 3. The quantitative estimate of drug-likeness (QED) is 0.585. The highest BCUT2D eigenvalue weighted by Gasteiger charge is 2.34. The molecule has 15 heavy (non-hydrogen) atoms. The number of hydrogen-bond acceptors (Lipinski definition) is 4. The highest BCUT2D eigenvalue weighted by Crippen LogP contribution is 2.23. The zero-order valence-corrected chi connectivity index (χ0v) is 11.1. The van der Waals surface area contributed by atoms with Gasteiger partial charge in [0.2, 0.25) is 0 Å². The summed E-state index contributed by atoms with van der Waals surface area (Å²) >= 11 is 3.23. The summed E-state index contributed by atoms with van der Waals surface area (Å²) in [6, 6.07) is 0. The summed E-state index contributed by atoms with van der Waals surface area (Å²) in [5, 5.41) is 0. The summed E-state index contributed by atoms with van der Waals surface area (Å²) in [4.78, 5) is 11.4. The van der Waals surface area contributed by atoms with Crippen LogP contribution in [0.5, 0.6) is 0 Å². The van der Waals surface area contributed by atoms with Gasteiger partial charge in [-0.2, -0.15) is 0 Å². The van der Waals surface area contributed by atoms with Crippen molar-refractivity contribution in [3.8, 4) is 0 Å². The van der Waals surface area contributed by atoms with Gasteiger partial charge in [-0.25, -0.2) is 0 Å². The van der Waals surface area contributed by atoms with Gasteiger partial charge in [-0.3, -0.25) is 4.79 Å². The van der Waals surface area contributed by atoms with E-state index in [0.717, 1.165) is 0 Å². The van der Waals surface area contributed by atoms with E-state index in [4.69, 9.17) is 14.2 Å². The Kier molecular flexibility index (Phi) is 3.79. The molecule has 1 heterocycles. The molecule has 0 radical (unpaired) electrons. The summed E-state index contributed by atoms with van der Waals surface area (Å²) in [6.45, 7) is 7.85. The van der Waals surface area contributed by atoms with Gasteiger partial charge in [-0.05, 0) is 27.7 Å². The first-order chi connectivity index (χ1) is 6.71. The van der Waals surface area contributed by atoms with E-state index in [1.807, 2.05) is 13.8 Å². The van der Waals surface area contributed by atoms with Crippen LogP contribution >= 0.6 is 15.9 Å². The van der Waals surface area contributed by atoms with Gasteiger partial charge in [0.15, 0.2) is 5.79 Å². The van der Waals surface area contributed by atoms with Crippen molar-refractivity contribution in [2.24, 2.45) is 0 Å². The Balaban J connectivity index is 2.31. The van der Waals surface area contributed by atoms with Crippen LogP contribution in [0.1, 0.15) is 27.7 Å².